The van der Waals surface area contributed by atoms with E-state index in [-0.39, 0.29) is 12.1 Å². The van der Waals surface area contributed by atoms with Gasteiger partial charge in [0.25, 0.3) is 0 Å². The summed E-state index contributed by atoms with van der Waals surface area (Å²) in [4.78, 5) is 2.38. The van der Waals surface area contributed by atoms with E-state index in [9.17, 15) is 0 Å². The molecule has 5 nitrogen and oxygen atoms in total. The van der Waals surface area contributed by atoms with Gasteiger partial charge in [0.15, 0.2) is 0 Å². The average Bonchev–Trinajstić information content (AvgIpc) is 2.97. The summed E-state index contributed by atoms with van der Waals surface area (Å²) in [7, 11) is 0. The molecule has 1 aliphatic rings. The van der Waals surface area contributed by atoms with Crippen LogP contribution in [0.15, 0.2) is 42.7 Å². The Hall–Kier alpha value is -1.69. The topological polar surface area (TPSA) is 56.3 Å². The third-order valence-electron chi connectivity index (χ3n) is 3.83. The van der Waals surface area contributed by atoms with Crippen LogP contribution in [0.3, 0.4) is 0 Å². The molecule has 2 atom stereocenters. The summed E-state index contributed by atoms with van der Waals surface area (Å²) in [5.74, 6) is 0. The van der Waals surface area contributed by atoms with E-state index < -0.39 is 0 Å². The van der Waals surface area contributed by atoms with Gasteiger partial charge in [0.1, 0.15) is 0 Å². The molecule has 0 aliphatic carbocycles. The van der Waals surface area contributed by atoms with Gasteiger partial charge in [0.2, 0.25) is 0 Å². The third kappa shape index (κ3) is 3.50. The van der Waals surface area contributed by atoms with Gasteiger partial charge in [-0.25, -0.2) is 4.68 Å². The van der Waals surface area contributed by atoms with Crippen molar-refractivity contribution in [3.8, 4) is 5.69 Å². The van der Waals surface area contributed by atoms with Crippen molar-refractivity contribution in [3.05, 3.63) is 48.3 Å². The van der Waals surface area contributed by atoms with Crippen LogP contribution >= 0.6 is 0 Å². The largest absolute Gasteiger partial charge is 0.374 e. The average molecular weight is 286 g/mol. The van der Waals surface area contributed by atoms with E-state index in [0.717, 1.165) is 31.9 Å². The molecule has 112 valence electrons. The van der Waals surface area contributed by atoms with Crippen LogP contribution in [0.5, 0.6) is 0 Å². The lowest BCUT2D eigenvalue weighted by Crippen LogP contribution is -2.49. The number of hydrogen-bond acceptors (Lipinski definition) is 4. The number of benzene rings is 1. The molecule has 2 aromatic rings. The van der Waals surface area contributed by atoms with Crippen LogP contribution in [0.2, 0.25) is 0 Å². The minimum Gasteiger partial charge on any atom is -0.374 e. The number of rotatable bonds is 4. The lowest BCUT2D eigenvalue weighted by Gasteiger charge is -2.34. The van der Waals surface area contributed by atoms with Crippen LogP contribution in [-0.4, -0.2) is 46.5 Å². The number of para-hydroxylation sites is 1. The van der Waals surface area contributed by atoms with E-state index in [1.54, 1.807) is 0 Å². The molecule has 1 aromatic carbocycles. The number of morpholine rings is 1. The highest BCUT2D eigenvalue weighted by Gasteiger charge is 2.23. The minimum absolute atomic E-state index is 0.0693. The molecule has 0 saturated carbocycles. The van der Waals surface area contributed by atoms with Crippen molar-refractivity contribution in [3.63, 3.8) is 0 Å². The lowest BCUT2D eigenvalue weighted by molar-refractivity contribution is -0.0403. The zero-order valence-corrected chi connectivity index (χ0v) is 12.4. The van der Waals surface area contributed by atoms with Crippen LogP contribution in [0.25, 0.3) is 5.69 Å². The van der Waals surface area contributed by atoms with Crippen LogP contribution in [-0.2, 0) is 11.3 Å². The molecule has 2 heterocycles. The predicted molar refractivity (Wildman–Crippen MR) is 82.2 cm³/mol. The molecule has 3 rings (SSSR count). The highest BCUT2D eigenvalue weighted by molar-refractivity contribution is 5.30. The predicted octanol–water partition coefficient (Wildman–Crippen LogP) is 1.42. The second-order valence-corrected chi connectivity index (χ2v) is 5.63. The molecule has 1 fully saturated rings. The second-order valence-electron chi connectivity index (χ2n) is 5.63. The number of hydrogen-bond donors (Lipinski definition) is 1. The molecular weight excluding hydrogens is 264 g/mol. The molecule has 2 unspecified atom stereocenters. The van der Waals surface area contributed by atoms with Gasteiger partial charge in [-0.1, -0.05) is 18.2 Å². The summed E-state index contributed by atoms with van der Waals surface area (Å²) < 4.78 is 7.61. The summed E-state index contributed by atoms with van der Waals surface area (Å²) >= 11 is 0. The Morgan fingerprint density at radius 3 is 2.95 bits per heavy atom. The van der Waals surface area contributed by atoms with Crippen molar-refractivity contribution >= 4 is 0 Å². The number of nitrogens with two attached hydrogens (primary N) is 1. The van der Waals surface area contributed by atoms with E-state index in [2.05, 4.69) is 28.3 Å². The van der Waals surface area contributed by atoms with Gasteiger partial charge >= 0.3 is 0 Å². The van der Waals surface area contributed by atoms with Crippen molar-refractivity contribution in [1.29, 1.82) is 0 Å². The number of aromatic nitrogens is 2. The Morgan fingerprint density at radius 2 is 2.19 bits per heavy atom. The van der Waals surface area contributed by atoms with Crippen LogP contribution in [0.4, 0.5) is 0 Å². The van der Waals surface area contributed by atoms with Crippen LogP contribution in [0, 0.1) is 0 Å². The first-order valence-electron chi connectivity index (χ1n) is 7.41. The number of ether oxygens (including phenoxy) is 1. The first-order valence-corrected chi connectivity index (χ1v) is 7.41. The quantitative estimate of drug-likeness (QED) is 0.923. The SMILES string of the molecule is CC(N)C1CN(Cc2cnn(-c3ccccc3)c2)CCO1. The molecule has 0 radical (unpaired) electrons. The van der Waals surface area contributed by atoms with Gasteiger partial charge < -0.3 is 10.5 Å². The maximum Gasteiger partial charge on any atom is 0.0850 e. The van der Waals surface area contributed by atoms with Gasteiger partial charge in [-0.2, -0.15) is 5.10 Å². The highest BCUT2D eigenvalue weighted by atomic mass is 16.5. The first-order chi connectivity index (χ1) is 10.2. The zero-order valence-electron chi connectivity index (χ0n) is 12.4. The summed E-state index contributed by atoms with van der Waals surface area (Å²) in [6, 6.07) is 10.2. The Morgan fingerprint density at radius 1 is 1.38 bits per heavy atom. The Kier molecular flexibility index (Phi) is 4.34. The number of nitrogens with zero attached hydrogens (tertiary/aromatic N) is 3. The standard InChI is InChI=1S/C16H22N4O/c1-13(17)16-12-19(7-8-21-16)10-14-9-18-20(11-14)15-5-3-2-4-6-15/h2-6,9,11,13,16H,7-8,10,12,17H2,1H3. The fourth-order valence-corrected chi connectivity index (χ4v) is 2.62. The van der Waals surface area contributed by atoms with E-state index in [4.69, 9.17) is 10.5 Å². The van der Waals surface area contributed by atoms with Crippen molar-refractivity contribution in [2.45, 2.75) is 25.6 Å². The fraction of sp³-hybridized carbons (Fsp3) is 0.438. The van der Waals surface area contributed by atoms with Gasteiger partial charge in [0, 0.05) is 37.4 Å². The monoisotopic (exact) mass is 286 g/mol. The first kappa shape index (κ1) is 14.3. The molecule has 2 N–H and O–H groups in total. The molecular formula is C16H22N4O. The summed E-state index contributed by atoms with van der Waals surface area (Å²) in [5, 5.41) is 4.44. The molecule has 0 amide bonds. The van der Waals surface area contributed by atoms with Gasteiger partial charge in [-0.05, 0) is 19.1 Å². The van der Waals surface area contributed by atoms with Crippen molar-refractivity contribution in [2.75, 3.05) is 19.7 Å². The van der Waals surface area contributed by atoms with E-state index in [1.165, 1.54) is 5.56 Å². The molecule has 1 saturated heterocycles. The fourth-order valence-electron chi connectivity index (χ4n) is 2.62. The van der Waals surface area contributed by atoms with Crippen molar-refractivity contribution in [2.24, 2.45) is 5.73 Å². The summed E-state index contributed by atoms with van der Waals surface area (Å²) in [6.07, 6.45) is 4.15. The van der Waals surface area contributed by atoms with Gasteiger partial charge in [0.05, 0.1) is 24.6 Å². The maximum absolute atomic E-state index is 5.93. The minimum atomic E-state index is 0.0693. The van der Waals surface area contributed by atoms with Crippen molar-refractivity contribution < 1.29 is 4.74 Å². The molecule has 1 aromatic heterocycles. The maximum atomic E-state index is 5.93. The smallest absolute Gasteiger partial charge is 0.0850 e. The second kappa shape index (κ2) is 6.39. The summed E-state index contributed by atoms with van der Waals surface area (Å²) in [5.41, 5.74) is 8.23. The van der Waals surface area contributed by atoms with Gasteiger partial charge in [-0.15, -0.1) is 0 Å². The van der Waals surface area contributed by atoms with E-state index in [1.807, 2.05) is 36.0 Å². The highest BCUT2D eigenvalue weighted by Crippen LogP contribution is 2.13. The molecule has 5 heteroatoms. The van der Waals surface area contributed by atoms with Crippen LogP contribution < -0.4 is 5.73 Å². The normalized spacial score (nSPS) is 21.3. The molecule has 0 bridgehead atoms. The van der Waals surface area contributed by atoms with E-state index >= 15 is 0 Å². The van der Waals surface area contributed by atoms with E-state index in [0.29, 0.717) is 0 Å². The zero-order chi connectivity index (χ0) is 14.7. The summed E-state index contributed by atoms with van der Waals surface area (Å²) in [6.45, 7) is 5.47. The lowest BCUT2D eigenvalue weighted by atomic mass is 10.1. The molecule has 0 spiro atoms. The van der Waals surface area contributed by atoms with Crippen molar-refractivity contribution in [1.82, 2.24) is 14.7 Å². The Bertz CT molecular complexity index is 567. The third-order valence-corrected chi connectivity index (χ3v) is 3.83. The molecule has 1 aliphatic heterocycles. The Labute approximate surface area is 125 Å². The van der Waals surface area contributed by atoms with Crippen LogP contribution in [0.1, 0.15) is 12.5 Å². The van der Waals surface area contributed by atoms with Gasteiger partial charge in [-0.3, -0.25) is 4.90 Å². The molecule has 21 heavy (non-hydrogen) atoms. The Balaban J connectivity index is 1.65.